The molecule has 27 nitrogen and oxygen atoms in total. The molecular weight excluding hydrogens is 1360 g/mol. The number of ether oxygens (including phenoxy) is 7. The number of amides is 7. The summed E-state index contributed by atoms with van der Waals surface area (Å²) in [6.45, 7) is 36.4. The zero-order chi connectivity index (χ0) is 75.1. The van der Waals surface area contributed by atoms with Gasteiger partial charge in [-0.05, 0) is 208 Å². The van der Waals surface area contributed by atoms with E-state index in [2.05, 4.69) is 42.7 Å². The number of hydroxylamine groups is 1. The Kier molecular flexibility index (Phi) is 49.4. The van der Waals surface area contributed by atoms with Crippen LogP contribution in [0.25, 0.3) is 0 Å². The summed E-state index contributed by atoms with van der Waals surface area (Å²) in [5.41, 5.74) is -1.37. The van der Waals surface area contributed by atoms with Crippen LogP contribution >= 0.6 is 43.2 Å². The second-order valence-electron chi connectivity index (χ2n) is 29.7. The highest BCUT2D eigenvalue weighted by molar-refractivity contribution is 8.76. The first-order chi connectivity index (χ1) is 46.1. The Morgan fingerprint density at radius 1 is 0.384 bits per heavy atom. The van der Waals surface area contributed by atoms with Crippen LogP contribution < -0.4 is 42.7 Å². The lowest BCUT2D eigenvalue weighted by Gasteiger charge is -2.31. The normalized spacial score (nSPS) is 13.0. The first kappa shape index (κ1) is 94.6. The quantitative estimate of drug-likeness (QED) is 0.00922. The van der Waals surface area contributed by atoms with Crippen LogP contribution in [0.4, 0.5) is 19.2 Å². The van der Waals surface area contributed by atoms with Gasteiger partial charge in [0, 0.05) is 95.5 Å². The first-order valence-electron chi connectivity index (χ1n) is 35.1. The molecule has 578 valence electrons. The highest BCUT2D eigenvalue weighted by Gasteiger charge is 2.35. The van der Waals surface area contributed by atoms with Crippen molar-refractivity contribution in [3.63, 3.8) is 0 Å². The Hall–Kier alpha value is -4.37. The molecule has 0 aromatic heterocycles. The van der Waals surface area contributed by atoms with Crippen LogP contribution in [0.1, 0.15) is 215 Å². The van der Waals surface area contributed by atoms with Crippen LogP contribution in [0.15, 0.2) is 0 Å². The third-order valence-electron chi connectivity index (χ3n) is 12.9. The number of carbonyl (C=O) groups is 9. The second kappa shape index (κ2) is 51.7. The molecule has 0 aromatic rings. The fourth-order valence-electron chi connectivity index (χ4n) is 8.60. The van der Waals surface area contributed by atoms with E-state index in [1.54, 1.807) is 136 Å². The van der Waals surface area contributed by atoms with Crippen LogP contribution in [0, 0.1) is 0 Å². The lowest BCUT2D eigenvalue weighted by atomic mass is 10.1. The van der Waals surface area contributed by atoms with Gasteiger partial charge in [0.1, 0.15) is 52.3 Å². The van der Waals surface area contributed by atoms with Crippen LogP contribution in [-0.2, 0) is 62.0 Å². The number of rotatable bonds is 51. The van der Waals surface area contributed by atoms with Crippen molar-refractivity contribution in [3.05, 3.63) is 0 Å². The summed E-state index contributed by atoms with van der Waals surface area (Å²) in [7, 11) is 6.49. The number of nitrogens with zero attached hydrogens (tertiary/aromatic N) is 2. The summed E-state index contributed by atoms with van der Waals surface area (Å²) in [5.74, 6) is 0.453. The summed E-state index contributed by atoms with van der Waals surface area (Å²) in [6.07, 6.45) is 6.88. The van der Waals surface area contributed by atoms with Crippen molar-refractivity contribution >= 4 is 97.2 Å². The first-order valence-corrected chi connectivity index (χ1v) is 40.3. The third-order valence-corrected chi connectivity index (χ3v) is 17.2. The Bertz CT molecular complexity index is 2310. The molecule has 99 heavy (non-hydrogen) atoms. The number of esters is 2. The van der Waals surface area contributed by atoms with E-state index in [4.69, 9.17) is 38.0 Å². The highest BCUT2D eigenvalue weighted by Crippen LogP contribution is 2.23. The molecule has 0 radical (unpaired) electrons. The van der Waals surface area contributed by atoms with Gasteiger partial charge in [0.2, 0.25) is 17.7 Å². The second-order valence-corrected chi connectivity index (χ2v) is 35.1. The summed E-state index contributed by atoms with van der Waals surface area (Å²) in [6, 6.07) is -1.92. The van der Waals surface area contributed by atoms with E-state index < -0.39 is 88.1 Å². The van der Waals surface area contributed by atoms with Gasteiger partial charge in [-0.15, -0.1) is 0 Å². The standard InChI is InChI=1S/C68H130N10O17S4/c1-63(2,3)90-57(82)51(69-41-31-52(88-50-55(81)71-35-23-21-20-22-34-70-53(79)32-48-97-96-19)56(58(83)91-64(4,5)6)73-36-26-37-74-59(84)92-65(7,8)9)30-40-72-54(80)33-49-99-98-47-29-46-89-76-39-28-45-78(62(87)95-68(16,17)18)43-25-24-42-77(61(86)94-67(13,14)15)44-27-38-75-60(85)93-66(10,11)12/h51-52,56,69,73,76H,20-50H2,1-19H3,(H,70,79)(H,71,81)(H,72,80)(H,74,84)(H,75,85). The summed E-state index contributed by atoms with van der Waals surface area (Å²) >= 11 is 0. The van der Waals surface area contributed by atoms with E-state index in [0.717, 1.165) is 43.6 Å². The van der Waals surface area contributed by atoms with Gasteiger partial charge in [-0.25, -0.2) is 24.7 Å². The van der Waals surface area contributed by atoms with Gasteiger partial charge in [-0.3, -0.25) is 24.0 Å². The zero-order valence-electron chi connectivity index (χ0n) is 63.6. The molecule has 0 saturated carbocycles. The lowest BCUT2D eigenvalue weighted by molar-refractivity contribution is -0.163. The third kappa shape index (κ3) is 58.8. The maximum atomic E-state index is 14.0. The average molecular weight is 1490 g/mol. The van der Waals surface area contributed by atoms with Gasteiger partial charge in [0.15, 0.2) is 0 Å². The maximum absolute atomic E-state index is 14.0. The minimum Gasteiger partial charge on any atom is -0.459 e. The molecule has 0 rings (SSSR count). The Labute approximate surface area is 609 Å². The number of hydrogen-bond donors (Lipinski definition) is 8. The van der Waals surface area contributed by atoms with E-state index in [-0.39, 0.29) is 69.8 Å². The van der Waals surface area contributed by atoms with Crippen molar-refractivity contribution in [3.8, 4) is 0 Å². The Morgan fingerprint density at radius 2 is 0.818 bits per heavy atom. The Morgan fingerprint density at radius 3 is 1.32 bits per heavy atom. The predicted octanol–water partition coefficient (Wildman–Crippen LogP) is 10.2. The Balaban J connectivity index is 5.45. The van der Waals surface area contributed by atoms with Crippen molar-refractivity contribution in [2.24, 2.45) is 0 Å². The summed E-state index contributed by atoms with van der Waals surface area (Å²) < 4.78 is 39.9. The number of unbranched alkanes of at least 4 members (excludes halogenated alkanes) is 4. The number of nitrogens with one attached hydrogen (secondary N) is 8. The minimum absolute atomic E-state index is 0.0419. The molecule has 0 bridgehead atoms. The van der Waals surface area contributed by atoms with E-state index in [1.807, 2.05) is 47.8 Å². The molecule has 0 aromatic carbocycles. The zero-order valence-corrected chi connectivity index (χ0v) is 66.9. The number of hydrogen-bond acceptors (Lipinski definition) is 24. The van der Waals surface area contributed by atoms with Gasteiger partial charge >= 0.3 is 36.3 Å². The van der Waals surface area contributed by atoms with Gasteiger partial charge < -0.3 is 85.0 Å². The van der Waals surface area contributed by atoms with Crippen molar-refractivity contribution < 1.29 is 81.1 Å². The van der Waals surface area contributed by atoms with Crippen molar-refractivity contribution in [1.82, 2.24) is 52.5 Å². The molecule has 0 fully saturated rings. The topological polar surface area (TPSA) is 330 Å². The van der Waals surface area contributed by atoms with Crippen molar-refractivity contribution in [2.75, 3.05) is 115 Å². The van der Waals surface area contributed by atoms with E-state index in [1.165, 1.54) is 0 Å². The number of alkyl carbamates (subject to hydrolysis) is 2. The largest absolute Gasteiger partial charge is 0.459 e. The monoisotopic (exact) mass is 1490 g/mol. The molecule has 0 heterocycles. The maximum Gasteiger partial charge on any atom is 0.410 e. The molecule has 31 heteroatoms. The van der Waals surface area contributed by atoms with Gasteiger partial charge in [0.05, 0.1) is 12.7 Å². The van der Waals surface area contributed by atoms with E-state index in [9.17, 15) is 43.2 Å². The van der Waals surface area contributed by atoms with Crippen LogP contribution in [-0.4, -0.2) is 231 Å². The van der Waals surface area contributed by atoms with Gasteiger partial charge in [0.25, 0.3) is 0 Å². The highest BCUT2D eigenvalue weighted by atomic mass is 33.1. The summed E-state index contributed by atoms with van der Waals surface area (Å²) in [5, 5.41) is 20.7. The fraction of sp³-hybridized carbons (Fsp3) is 0.868. The van der Waals surface area contributed by atoms with Gasteiger partial charge in [-0.2, -0.15) is 0 Å². The summed E-state index contributed by atoms with van der Waals surface area (Å²) in [4.78, 5) is 126. The fourth-order valence-corrected chi connectivity index (χ4v) is 11.8. The van der Waals surface area contributed by atoms with Crippen molar-refractivity contribution in [1.29, 1.82) is 0 Å². The lowest BCUT2D eigenvalue weighted by Crippen LogP contribution is -2.52. The molecule has 8 N–H and O–H groups in total. The van der Waals surface area contributed by atoms with Crippen LogP contribution in [0.2, 0.25) is 0 Å². The SMILES string of the molecule is CSSCCC(=O)NCCCCCCNC(=O)COC(CCNC(CCNC(=O)CCSSCCCONCCCN(CCCCN(CCCNC(=O)OC(C)(C)C)C(=O)OC(C)(C)C)C(=O)OC(C)(C)C)C(=O)OC(C)(C)C)C(NCCCNC(=O)OC(C)(C)C)C(=O)OC(C)(C)C. The predicted molar refractivity (Wildman–Crippen MR) is 398 cm³/mol. The molecule has 0 spiro atoms. The smallest absolute Gasteiger partial charge is 0.410 e. The van der Waals surface area contributed by atoms with E-state index >= 15 is 0 Å². The molecule has 7 amide bonds. The van der Waals surface area contributed by atoms with Crippen LogP contribution in [0.3, 0.4) is 0 Å². The van der Waals surface area contributed by atoms with Gasteiger partial charge in [-0.1, -0.05) is 56.0 Å². The average Bonchev–Trinajstić information content (AvgIpc) is 0.876. The minimum atomic E-state index is -1.07. The number of carbonyl (C=O) groups excluding carboxylic acids is 9. The molecule has 0 aliphatic rings. The van der Waals surface area contributed by atoms with E-state index in [0.29, 0.717) is 103 Å². The molecular formula is C68H130N10O17S4. The molecule has 3 atom stereocenters. The molecule has 0 aliphatic heterocycles. The van der Waals surface area contributed by atoms with Crippen LogP contribution in [0.5, 0.6) is 0 Å². The van der Waals surface area contributed by atoms with Crippen molar-refractivity contribution in [2.45, 2.75) is 266 Å². The molecule has 0 saturated heterocycles. The molecule has 3 unspecified atom stereocenters. The molecule has 0 aliphatic carbocycles.